The number of nitro benzene ring substituents is 1. The number of nitrogens with zero attached hydrogens (tertiary/aromatic N) is 3. The molecule has 8 nitrogen and oxygen atoms in total. The van der Waals surface area contributed by atoms with Gasteiger partial charge in [-0.1, -0.05) is 18.2 Å². The fraction of sp³-hybridized carbons (Fsp3) is 0.389. The van der Waals surface area contributed by atoms with E-state index in [2.05, 4.69) is 10.3 Å². The number of amides is 2. The molecule has 1 aromatic carbocycles. The van der Waals surface area contributed by atoms with Crippen molar-refractivity contribution < 1.29 is 27.7 Å². The third kappa shape index (κ3) is 5.99. The Morgan fingerprint density at radius 3 is 2.63 bits per heavy atom. The van der Waals surface area contributed by atoms with E-state index in [1.807, 2.05) is 0 Å². The highest BCUT2D eigenvalue weighted by molar-refractivity contribution is 7.13. The lowest BCUT2D eigenvalue weighted by atomic mass is 10.1. The van der Waals surface area contributed by atoms with Crippen LogP contribution in [-0.2, 0) is 22.6 Å². The van der Waals surface area contributed by atoms with Crippen LogP contribution in [0.2, 0.25) is 0 Å². The Morgan fingerprint density at radius 1 is 1.30 bits per heavy atom. The molecule has 1 aromatic heterocycles. The number of benzene rings is 1. The predicted molar refractivity (Wildman–Crippen MR) is 102 cm³/mol. The molecule has 2 aromatic rings. The molecule has 0 unspecified atom stereocenters. The molecule has 1 N–H and O–H groups in total. The van der Waals surface area contributed by atoms with E-state index in [9.17, 15) is 32.9 Å². The summed E-state index contributed by atoms with van der Waals surface area (Å²) in [6.45, 7) is -2.11. The first-order valence-electron chi connectivity index (χ1n) is 8.94. The average molecular weight is 442 g/mol. The molecule has 1 aliphatic carbocycles. The molecule has 1 fully saturated rings. The molecule has 1 saturated carbocycles. The summed E-state index contributed by atoms with van der Waals surface area (Å²) in [5.74, 6) is -1.09. The minimum Gasteiger partial charge on any atom is -0.329 e. The quantitative estimate of drug-likeness (QED) is 0.497. The number of hydrogen-bond acceptors (Lipinski definition) is 6. The van der Waals surface area contributed by atoms with Gasteiger partial charge in [0.15, 0.2) is 5.13 Å². The summed E-state index contributed by atoms with van der Waals surface area (Å²) in [7, 11) is 0. The van der Waals surface area contributed by atoms with Crippen LogP contribution in [-0.4, -0.2) is 39.3 Å². The monoisotopic (exact) mass is 442 g/mol. The minimum atomic E-state index is -4.68. The molecule has 0 spiro atoms. The van der Waals surface area contributed by atoms with Crippen LogP contribution in [0.3, 0.4) is 0 Å². The highest BCUT2D eigenvalue weighted by Crippen LogP contribution is 2.31. The standard InChI is InChI=1S/C18H17F3N4O4S/c19-18(20,21)10-24(8-12-3-1-2-4-14(12)25(28)29)15(26)7-13-9-30-17(22-13)23-16(27)11-5-6-11/h1-4,9,11H,5-8,10H2,(H,22,23,27). The molecule has 0 atom stereocenters. The zero-order valence-corrected chi connectivity index (χ0v) is 16.3. The molecule has 0 aliphatic heterocycles. The molecule has 3 rings (SSSR count). The van der Waals surface area contributed by atoms with Gasteiger partial charge < -0.3 is 10.2 Å². The van der Waals surface area contributed by atoms with Crippen LogP contribution >= 0.6 is 11.3 Å². The SMILES string of the molecule is O=C(Nc1nc(CC(=O)N(Cc2ccccc2[N+](=O)[O-])CC(F)(F)F)cs1)C1CC1. The number of rotatable bonds is 8. The molecular weight excluding hydrogens is 425 g/mol. The van der Waals surface area contributed by atoms with Gasteiger partial charge in [-0.25, -0.2) is 4.98 Å². The zero-order valence-electron chi connectivity index (χ0n) is 15.5. The van der Waals surface area contributed by atoms with Crippen molar-refractivity contribution in [3.05, 3.63) is 51.0 Å². The fourth-order valence-electron chi connectivity index (χ4n) is 2.74. The molecule has 0 saturated heterocycles. The van der Waals surface area contributed by atoms with E-state index in [1.54, 1.807) is 0 Å². The fourth-order valence-corrected chi connectivity index (χ4v) is 3.46. The molecule has 1 heterocycles. The van der Waals surface area contributed by atoms with Gasteiger partial charge in [0.05, 0.1) is 23.6 Å². The van der Waals surface area contributed by atoms with Crippen molar-refractivity contribution in [2.45, 2.75) is 32.0 Å². The zero-order chi connectivity index (χ0) is 21.9. The lowest BCUT2D eigenvalue weighted by molar-refractivity contribution is -0.385. The molecule has 2 amide bonds. The van der Waals surface area contributed by atoms with Crippen molar-refractivity contribution >= 4 is 34.0 Å². The number of anilines is 1. The highest BCUT2D eigenvalue weighted by atomic mass is 32.1. The first kappa shape index (κ1) is 21.7. The highest BCUT2D eigenvalue weighted by Gasteiger charge is 2.34. The topological polar surface area (TPSA) is 105 Å². The van der Waals surface area contributed by atoms with Gasteiger partial charge in [0.2, 0.25) is 11.8 Å². The molecule has 0 radical (unpaired) electrons. The van der Waals surface area contributed by atoms with Crippen LogP contribution in [0, 0.1) is 16.0 Å². The van der Waals surface area contributed by atoms with Crippen molar-refractivity contribution in [3.63, 3.8) is 0 Å². The van der Waals surface area contributed by atoms with Crippen LogP contribution in [0.5, 0.6) is 0 Å². The number of nitrogens with one attached hydrogen (secondary N) is 1. The number of carbonyl (C=O) groups is 2. The summed E-state index contributed by atoms with van der Waals surface area (Å²) in [6.07, 6.45) is -3.49. The summed E-state index contributed by atoms with van der Waals surface area (Å²) in [6, 6.07) is 5.32. The third-order valence-electron chi connectivity index (χ3n) is 4.33. The number of nitro groups is 1. The second-order valence-electron chi connectivity index (χ2n) is 6.84. The van der Waals surface area contributed by atoms with Gasteiger partial charge in [0.25, 0.3) is 5.69 Å². The minimum absolute atomic E-state index is 0.00392. The number of hydrogen-bond donors (Lipinski definition) is 1. The number of thiazole rings is 1. The lowest BCUT2D eigenvalue weighted by Gasteiger charge is -2.23. The number of halogens is 3. The van der Waals surface area contributed by atoms with Gasteiger partial charge in [0.1, 0.15) is 6.54 Å². The van der Waals surface area contributed by atoms with Crippen LogP contribution in [0.25, 0.3) is 0 Å². The van der Waals surface area contributed by atoms with Crippen molar-refractivity contribution in [3.8, 4) is 0 Å². The smallest absolute Gasteiger partial charge is 0.329 e. The van der Waals surface area contributed by atoms with E-state index in [1.165, 1.54) is 29.6 Å². The second kappa shape index (κ2) is 8.78. The molecule has 12 heteroatoms. The van der Waals surface area contributed by atoms with Crippen molar-refractivity contribution in [1.29, 1.82) is 0 Å². The first-order chi connectivity index (χ1) is 14.1. The number of alkyl halides is 3. The van der Waals surface area contributed by atoms with E-state index in [0.29, 0.717) is 4.90 Å². The van der Waals surface area contributed by atoms with E-state index in [0.717, 1.165) is 24.2 Å². The summed E-state index contributed by atoms with van der Waals surface area (Å²) < 4.78 is 39.0. The molecule has 0 bridgehead atoms. The molecule has 1 aliphatic rings. The normalized spacial score (nSPS) is 13.7. The predicted octanol–water partition coefficient (Wildman–Crippen LogP) is 3.53. The van der Waals surface area contributed by atoms with Crippen LogP contribution in [0.1, 0.15) is 24.1 Å². The van der Waals surface area contributed by atoms with Crippen molar-refractivity contribution in [2.75, 3.05) is 11.9 Å². The maximum Gasteiger partial charge on any atom is 0.406 e. The Morgan fingerprint density at radius 2 is 2.00 bits per heavy atom. The van der Waals surface area contributed by atoms with Gasteiger partial charge in [-0.05, 0) is 12.8 Å². The number of aromatic nitrogens is 1. The van der Waals surface area contributed by atoms with Crippen LogP contribution in [0.15, 0.2) is 29.6 Å². The van der Waals surface area contributed by atoms with Crippen LogP contribution in [0.4, 0.5) is 24.0 Å². The van der Waals surface area contributed by atoms with Gasteiger partial charge in [0, 0.05) is 22.9 Å². The van der Waals surface area contributed by atoms with Crippen molar-refractivity contribution in [1.82, 2.24) is 9.88 Å². The van der Waals surface area contributed by atoms with E-state index < -0.39 is 36.5 Å². The number of carbonyl (C=O) groups excluding carboxylic acids is 2. The van der Waals surface area contributed by atoms with Gasteiger partial charge in [-0.15, -0.1) is 11.3 Å². The van der Waals surface area contributed by atoms with E-state index in [4.69, 9.17) is 0 Å². The van der Waals surface area contributed by atoms with E-state index in [-0.39, 0.29) is 33.9 Å². The summed E-state index contributed by atoms with van der Waals surface area (Å²) in [4.78, 5) is 39.3. The Labute approximate surface area is 172 Å². The Bertz CT molecular complexity index is 959. The largest absolute Gasteiger partial charge is 0.406 e. The Hall–Kier alpha value is -3.02. The Kier molecular flexibility index (Phi) is 6.34. The van der Waals surface area contributed by atoms with Gasteiger partial charge >= 0.3 is 6.18 Å². The average Bonchev–Trinajstić information content (AvgIpc) is 3.42. The summed E-state index contributed by atoms with van der Waals surface area (Å²) in [5.41, 5.74) is -0.155. The van der Waals surface area contributed by atoms with Gasteiger partial charge in [-0.3, -0.25) is 19.7 Å². The Balaban J connectivity index is 1.72. The van der Waals surface area contributed by atoms with Crippen molar-refractivity contribution in [2.24, 2.45) is 5.92 Å². The van der Waals surface area contributed by atoms with Crippen LogP contribution < -0.4 is 5.32 Å². The second-order valence-corrected chi connectivity index (χ2v) is 7.69. The lowest BCUT2D eigenvalue weighted by Crippen LogP contribution is -2.39. The maximum atomic E-state index is 13.0. The number of para-hydroxylation sites is 1. The molecular formula is C18H17F3N4O4S. The first-order valence-corrected chi connectivity index (χ1v) is 9.82. The maximum absolute atomic E-state index is 13.0. The molecule has 30 heavy (non-hydrogen) atoms. The summed E-state index contributed by atoms with van der Waals surface area (Å²) >= 11 is 1.07. The third-order valence-corrected chi connectivity index (χ3v) is 5.14. The summed E-state index contributed by atoms with van der Waals surface area (Å²) in [5, 5.41) is 15.5. The van der Waals surface area contributed by atoms with Gasteiger partial charge in [-0.2, -0.15) is 13.2 Å². The van der Waals surface area contributed by atoms with E-state index >= 15 is 0 Å². The molecule has 160 valence electrons.